The predicted molar refractivity (Wildman–Crippen MR) is 101 cm³/mol. The van der Waals surface area contributed by atoms with Gasteiger partial charge < -0.3 is 24.5 Å². The van der Waals surface area contributed by atoms with Gasteiger partial charge in [0.25, 0.3) is 0 Å². The van der Waals surface area contributed by atoms with Crippen molar-refractivity contribution in [1.29, 1.82) is 0 Å². The molecule has 1 atom stereocenters. The van der Waals surface area contributed by atoms with E-state index in [2.05, 4.69) is 10.1 Å². The highest BCUT2D eigenvalue weighted by Crippen LogP contribution is 2.31. The van der Waals surface area contributed by atoms with E-state index in [9.17, 15) is 0 Å². The topological polar surface area (TPSA) is 118 Å². The van der Waals surface area contributed by atoms with Crippen LogP contribution >= 0.6 is 0 Å². The van der Waals surface area contributed by atoms with Crippen molar-refractivity contribution in [2.24, 2.45) is 5.16 Å². The number of rotatable bonds is 5. The molecule has 2 aliphatic heterocycles. The quantitative estimate of drug-likeness (QED) is 0.336. The summed E-state index contributed by atoms with van der Waals surface area (Å²) in [6.07, 6.45) is 3.78. The van der Waals surface area contributed by atoms with E-state index < -0.39 is 11.9 Å². The van der Waals surface area contributed by atoms with Crippen LogP contribution in [0.3, 0.4) is 0 Å². The SMILES string of the molecule is CC(=NOCCN1CCCCC1)C1COc2ccccc2O1.O=C(O)C(=O)O. The van der Waals surface area contributed by atoms with E-state index >= 15 is 0 Å². The monoisotopic (exact) mass is 394 g/mol. The fraction of sp³-hybridized carbons (Fsp3) is 0.526. The molecule has 28 heavy (non-hydrogen) atoms. The largest absolute Gasteiger partial charge is 0.485 e. The van der Waals surface area contributed by atoms with Gasteiger partial charge in [0, 0.05) is 6.54 Å². The van der Waals surface area contributed by atoms with Gasteiger partial charge in [0.15, 0.2) is 17.6 Å². The number of carbonyl (C=O) groups is 2. The minimum Gasteiger partial charge on any atom is -0.485 e. The van der Waals surface area contributed by atoms with E-state index in [0.29, 0.717) is 13.2 Å². The summed E-state index contributed by atoms with van der Waals surface area (Å²) in [6.45, 7) is 6.33. The summed E-state index contributed by atoms with van der Waals surface area (Å²) in [4.78, 5) is 26.1. The zero-order valence-electron chi connectivity index (χ0n) is 15.9. The van der Waals surface area contributed by atoms with Gasteiger partial charge in [-0.15, -0.1) is 0 Å². The van der Waals surface area contributed by atoms with E-state index in [-0.39, 0.29) is 6.10 Å². The Kier molecular flexibility index (Phi) is 8.54. The number of carboxylic acids is 2. The normalized spacial score (nSPS) is 19.2. The molecule has 0 spiro atoms. The molecule has 0 aliphatic carbocycles. The first kappa shape index (κ1) is 21.5. The number of para-hydroxylation sites is 2. The molecule has 154 valence electrons. The van der Waals surface area contributed by atoms with Gasteiger partial charge in [-0.25, -0.2) is 9.59 Å². The van der Waals surface area contributed by atoms with Crippen LogP contribution in [0.5, 0.6) is 11.5 Å². The third-order valence-electron chi connectivity index (χ3n) is 4.31. The van der Waals surface area contributed by atoms with Crippen LogP contribution in [-0.2, 0) is 14.4 Å². The van der Waals surface area contributed by atoms with Crippen LogP contribution in [0.4, 0.5) is 0 Å². The maximum absolute atomic E-state index is 9.10. The fourth-order valence-electron chi connectivity index (χ4n) is 2.78. The van der Waals surface area contributed by atoms with Crippen molar-refractivity contribution in [3.63, 3.8) is 0 Å². The number of hydrogen-bond donors (Lipinski definition) is 2. The van der Waals surface area contributed by atoms with Crippen molar-refractivity contribution < 1.29 is 34.1 Å². The third-order valence-corrected chi connectivity index (χ3v) is 4.31. The average Bonchev–Trinajstić information content (AvgIpc) is 2.72. The van der Waals surface area contributed by atoms with E-state index in [4.69, 9.17) is 34.1 Å². The lowest BCUT2D eigenvalue weighted by atomic mass is 10.1. The molecular weight excluding hydrogens is 368 g/mol. The molecule has 2 N–H and O–H groups in total. The second-order valence-corrected chi connectivity index (χ2v) is 6.44. The van der Waals surface area contributed by atoms with Crippen LogP contribution in [0.1, 0.15) is 26.2 Å². The Balaban J connectivity index is 0.000000409. The highest BCUT2D eigenvalue weighted by molar-refractivity contribution is 6.27. The number of ether oxygens (including phenoxy) is 2. The van der Waals surface area contributed by atoms with Gasteiger partial charge in [0.2, 0.25) is 0 Å². The second kappa shape index (κ2) is 11.1. The minimum atomic E-state index is -1.82. The molecule has 2 heterocycles. The van der Waals surface area contributed by atoms with Crippen molar-refractivity contribution in [2.45, 2.75) is 32.3 Å². The zero-order chi connectivity index (χ0) is 20.4. The van der Waals surface area contributed by atoms with Crippen LogP contribution < -0.4 is 9.47 Å². The molecule has 1 aromatic carbocycles. The van der Waals surface area contributed by atoms with Crippen LogP contribution in [-0.4, -0.2) is 71.7 Å². The fourth-order valence-corrected chi connectivity index (χ4v) is 2.78. The van der Waals surface area contributed by atoms with Gasteiger partial charge >= 0.3 is 11.9 Å². The van der Waals surface area contributed by atoms with Crippen molar-refractivity contribution >= 4 is 17.7 Å². The van der Waals surface area contributed by atoms with Gasteiger partial charge in [-0.05, 0) is 45.0 Å². The molecule has 1 unspecified atom stereocenters. The van der Waals surface area contributed by atoms with E-state index in [0.717, 1.165) is 23.8 Å². The van der Waals surface area contributed by atoms with Crippen molar-refractivity contribution in [1.82, 2.24) is 4.90 Å². The Hall–Kier alpha value is -2.81. The van der Waals surface area contributed by atoms with Gasteiger partial charge in [-0.2, -0.15) is 0 Å². The third kappa shape index (κ3) is 7.07. The predicted octanol–water partition coefficient (Wildman–Crippen LogP) is 1.86. The van der Waals surface area contributed by atoms with Crippen molar-refractivity contribution in [3.05, 3.63) is 24.3 Å². The Morgan fingerprint density at radius 1 is 1.14 bits per heavy atom. The molecule has 1 saturated heterocycles. The average molecular weight is 394 g/mol. The maximum Gasteiger partial charge on any atom is 0.414 e. The number of likely N-dealkylation sites (tertiary alicyclic amines) is 1. The second-order valence-electron chi connectivity index (χ2n) is 6.44. The molecule has 0 saturated carbocycles. The molecule has 3 rings (SSSR count). The molecule has 2 aliphatic rings. The number of nitrogens with zero attached hydrogens (tertiary/aromatic N) is 2. The lowest BCUT2D eigenvalue weighted by Crippen LogP contribution is -2.35. The number of fused-ring (bicyclic) bond motifs is 1. The molecule has 0 aromatic heterocycles. The Morgan fingerprint density at radius 3 is 2.43 bits per heavy atom. The Labute approximate surface area is 163 Å². The molecule has 0 bridgehead atoms. The van der Waals surface area contributed by atoms with E-state index in [1.165, 1.54) is 32.4 Å². The Morgan fingerprint density at radius 2 is 1.79 bits per heavy atom. The standard InChI is InChI=1S/C17H24N2O3.C2H2O4/c1-14(18-21-12-11-19-9-5-2-6-10-19)17-13-20-15-7-3-4-8-16(15)22-17;3-1(4)2(5)6/h3-4,7-8,17H,2,5-6,9-13H2,1H3;(H,3,4)(H,5,6). The van der Waals surface area contributed by atoms with Crippen LogP contribution in [0.2, 0.25) is 0 Å². The molecule has 0 radical (unpaired) electrons. The highest BCUT2D eigenvalue weighted by Gasteiger charge is 2.23. The summed E-state index contributed by atoms with van der Waals surface area (Å²) in [5.74, 6) is -2.09. The number of hydrogen-bond acceptors (Lipinski definition) is 7. The first-order valence-electron chi connectivity index (χ1n) is 9.21. The first-order valence-corrected chi connectivity index (χ1v) is 9.21. The summed E-state index contributed by atoms with van der Waals surface area (Å²) in [6, 6.07) is 7.69. The van der Waals surface area contributed by atoms with Gasteiger partial charge in [0.05, 0.1) is 5.71 Å². The molecular formula is C19H26N2O7. The lowest BCUT2D eigenvalue weighted by molar-refractivity contribution is -0.159. The van der Waals surface area contributed by atoms with Crippen LogP contribution in [0, 0.1) is 0 Å². The smallest absolute Gasteiger partial charge is 0.414 e. The lowest BCUT2D eigenvalue weighted by Gasteiger charge is -2.26. The van der Waals surface area contributed by atoms with E-state index in [1.54, 1.807) is 0 Å². The number of oxime groups is 1. The van der Waals surface area contributed by atoms with E-state index in [1.807, 2.05) is 31.2 Å². The highest BCUT2D eigenvalue weighted by atomic mass is 16.6. The van der Waals surface area contributed by atoms with Crippen molar-refractivity contribution in [3.8, 4) is 11.5 Å². The van der Waals surface area contributed by atoms with Crippen molar-refractivity contribution in [2.75, 3.05) is 32.8 Å². The van der Waals surface area contributed by atoms with Gasteiger partial charge in [-0.1, -0.05) is 23.7 Å². The first-order chi connectivity index (χ1) is 13.5. The summed E-state index contributed by atoms with van der Waals surface area (Å²) < 4.78 is 11.6. The van der Waals surface area contributed by atoms with Gasteiger partial charge in [0.1, 0.15) is 13.2 Å². The zero-order valence-corrected chi connectivity index (χ0v) is 15.9. The molecule has 0 amide bonds. The minimum absolute atomic E-state index is 0.176. The molecule has 1 aromatic rings. The summed E-state index contributed by atoms with van der Waals surface area (Å²) in [5.41, 5.74) is 0.813. The summed E-state index contributed by atoms with van der Waals surface area (Å²) in [5, 5.41) is 19.0. The molecule has 9 nitrogen and oxygen atoms in total. The number of piperidine rings is 1. The molecule has 1 fully saturated rings. The van der Waals surface area contributed by atoms with Crippen LogP contribution in [0.25, 0.3) is 0 Å². The molecule has 9 heteroatoms. The van der Waals surface area contributed by atoms with Crippen LogP contribution in [0.15, 0.2) is 29.4 Å². The maximum atomic E-state index is 9.10. The summed E-state index contributed by atoms with van der Waals surface area (Å²) >= 11 is 0. The number of benzene rings is 1. The number of carboxylic acid groups (broad SMARTS) is 2. The summed E-state index contributed by atoms with van der Waals surface area (Å²) in [7, 11) is 0. The number of aliphatic carboxylic acids is 2. The van der Waals surface area contributed by atoms with Gasteiger partial charge in [-0.3, -0.25) is 4.90 Å². The Bertz CT molecular complexity index is 675.